The van der Waals surface area contributed by atoms with Crippen LogP contribution in [0.15, 0.2) is 21.6 Å². The topological polar surface area (TPSA) is 114 Å². The van der Waals surface area contributed by atoms with Crippen molar-refractivity contribution in [3.63, 3.8) is 0 Å². The fourth-order valence-corrected chi connectivity index (χ4v) is 3.69. The van der Waals surface area contributed by atoms with E-state index in [9.17, 15) is 16.8 Å². The highest BCUT2D eigenvalue weighted by atomic mass is 32.2. The van der Waals surface area contributed by atoms with Crippen molar-refractivity contribution in [3.8, 4) is 0 Å². The Bertz CT molecular complexity index is 601. The molecule has 1 atom stereocenters. The van der Waals surface area contributed by atoms with Crippen LogP contribution in [0.2, 0.25) is 0 Å². The molecule has 0 radical (unpaired) electrons. The molecule has 2 N–H and O–H groups in total. The van der Waals surface area contributed by atoms with Gasteiger partial charge in [-0.25, -0.2) is 21.6 Å². The van der Waals surface area contributed by atoms with Gasteiger partial charge in [0.2, 0.25) is 5.09 Å². The van der Waals surface area contributed by atoms with Crippen LogP contribution < -0.4 is 4.72 Å². The second-order valence-corrected chi connectivity index (χ2v) is 7.82. The van der Waals surface area contributed by atoms with Crippen molar-refractivity contribution >= 4 is 19.9 Å². The summed E-state index contributed by atoms with van der Waals surface area (Å²) >= 11 is 0. The number of aliphatic hydroxyl groups excluding tert-OH is 1. The number of rotatable bonds is 6. The largest absolute Gasteiger partial charge is 0.446 e. The summed E-state index contributed by atoms with van der Waals surface area (Å²) in [7, 11) is -7.19. The molecule has 0 aromatic carbocycles. The van der Waals surface area contributed by atoms with Gasteiger partial charge in [0.15, 0.2) is 0 Å². The molecule has 1 aromatic rings. The minimum absolute atomic E-state index is 0.117. The lowest BCUT2D eigenvalue weighted by atomic mass is 10.4. The number of hydrogen-bond donors (Lipinski definition) is 2. The molecule has 1 aromatic heterocycles. The number of sulfone groups is 1. The van der Waals surface area contributed by atoms with E-state index in [1.807, 2.05) is 0 Å². The first kappa shape index (κ1) is 15.2. The molecule has 1 rings (SSSR count). The zero-order valence-electron chi connectivity index (χ0n) is 9.95. The van der Waals surface area contributed by atoms with Crippen molar-refractivity contribution in [3.05, 3.63) is 17.9 Å². The zero-order valence-corrected chi connectivity index (χ0v) is 11.6. The van der Waals surface area contributed by atoms with Gasteiger partial charge in [-0.3, -0.25) is 0 Å². The van der Waals surface area contributed by atoms with Crippen LogP contribution >= 0.6 is 0 Å². The summed E-state index contributed by atoms with van der Waals surface area (Å²) in [5.74, 6) is -0.189. The summed E-state index contributed by atoms with van der Waals surface area (Å²) in [5.41, 5.74) is 0. The molecule has 1 heterocycles. The highest BCUT2D eigenvalue weighted by molar-refractivity contribution is 7.91. The normalized spacial score (nSPS) is 14.6. The Morgan fingerprint density at radius 1 is 1.33 bits per heavy atom. The Labute approximate surface area is 106 Å². The molecular weight excluding hydrogens is 282 g/mol. The van der Waals surface area contributed by atoms with E-state index >= 15 is 0 Å². The van der Waals surface area contributed by atoms with E-state index in [0.717, 1.165) is 6.26 Å². The van der Waals surface area contributed by atoms with Crippen molar-refractivity contribution in [2.45, 2.75) is 24.7 Å². The summed E-state index contributed by atoms with van der Waals surface area (Å²) < 4.78 is 52.7. The molecule has 0 fully saturated rings. The first-order valence-corrected chi connectivity index (χ1v) is 8.58. The van der Waals surface area contributed by atoms with Gasteiger partial charge in [0.1, 0.15) is 22.2 Å². The van der Waals surface area contributed by atoms with E-state index in [4.69, 9.17) is 9.52 Å². The van der Waals surface area contributed by atoms with Gasteiger partial charge in [0.05, 0.1) is 5.75 Å². The highest BCUT2D eigenvalue weighted by Crippen LogP contribution is 2.14. The van der Waals surface area contributed by atoms with Gasteiger partial charge < -0.3 is 9.52 Å². The lowest BCUT2D eigenvalue weighted by Gasteiger charge is -2.11. The molecule has 18 heavy (non-hydrogen) atoms. The average Bonchev–Trinajstić information content (AvgIpc) is 2.61. The van der Waals surface area contributed by atoms with Crippen LogP contribution in [0, 0.1) is 0 Å². The van der Waals surface area contributed by atoms with Crippen molar-refractivity contribution in [2.75, 3.05) is 12.0 Å². The SMILES string of the molecule is CC(CS(C)(=O)=O)NS(=O)(=O)c1ccc(CO)o1. The molecule has 104 valence electrons. The first-order valence-electron chi connectivity index (χ1n) is 5.03. The van der Waals surface area contributed by atoms with E-state index in [2.05, 4.69) is 4.72 Å². The standard InChI is InChI=1S/C9H15NO6S2/c1-7(6-17(2,12)13)10-18(14,15)9-4-3-8(5-11)16-9/h3-4,7,10-11H,5-6H2,1-2H3. The quantitative estimate of drug-likeness (QED) is 0.730. The minimum atomic E-state index is -3.91. The van der Waals surface area contributed by atoms with E-state index in [1.165, 1.54) is 19.1 Å². The first-order chi connectivity index (χ1) is 8.14. The molecule has 7 nitrogen and oxygen atoms in total. The number of hydrogen-bond acceptors (Lipinski definition) is 6. The molecule has 9 heteroatoms. The van der Waals surface area contributed by atoms with Crippen molar-refractivity contribution in [1.82, 2.24) is 4.72 Å². The Balaban J connectivity index is 2.82. The Morgan fingerprint density at radius 2 is 1.94 bits per heavy atom. The van der Waals surface area contributed by atoms with Crippen LogP contribution in [-0.2, 0) is 26.5 Å². The summed E-state index contributed by atoms with van der Waals surface area (Å²) in [6, 6.07) is 1.75. The Morgan fingerprint density at radius 3 is 2.39 bits per heavy atom. The third-order valence-electron chi connectivity index (χ3n) is 1.97. The minimum Gasteiger partial charge on any atom is -0.446 e. The summed E-state index contributed by atoms with van der Waals surface area (Å²) in [6.07, 6.45) is 1.02. The fourth-order valence-electron chi connectivity index (χ4n) is 1.40. The summed E-state index contributed by atoms with van der Waals surface area (Å²) in [6.45, 7) is 1.03. The molecule has 0 amide bonds. The number of furan rings is 1. The second-order valence-electron chi connectivity index (χ2n) is 3.99. The van der Waals surface area contributed by atoms with Gasteiger partial charge >= 0.3 is 0 Å². The number of aliphatic hydroxyl groups is 1. The van der Waals surface area contributed by atoms with Crippen molar-refractivity contribution in [1.29, 1.82) is 0 Å². The molecule has 0 aliphatic heterocycles. The smallest absolute Gasteiger partial charge is 0.274 e. The van der Waals surface area contributed by atoms with Crippen LogP contribution in [0.5, 0.6) is 0 Å². The maximum Gasteiger partial charge on any atom is 0.274 e. The Hall–Kier alpha value is -0.900. The zero-order chi connectivity index (χ0) is 14.0. The van der Waals surface area contributed by atoms with Gasteiger partial charge in [-0.1, -0.05) is 0 Å². The molecule has 0 bridgehead atoms. The maximum absolute atomic E-state index is 11.8. The lowest BCUT2D eigenvalue weighted by molar-refractivity contribution is 0.236. The predicted octanol–water partition coefficient (Wildman–Crippen LogP) is -0.517. The van der Waals surface area contributed by atoms with Gasteiger partial charge in [-0.2, -0.15) is 0 Å². The van der Waals surface area contributed by atoms with Gasteiger partial charge in [-0.15, -0.1) is 0 Å². The lowest BCUT2D eigenvalue weighted by Crippen LogP contribution is -2.37. The van der Waals surface area contributed by atoms with Crippen LogP contribution in [-0.4, -0.2) is 40.0 Å². The molecule has 0 spiro atoms. The second kappa shape index (κ2) is 5.39. The molecule has 0 saturated heterocycles. The summed E-state index contributed by atoms with van der Waals surface area (Å²) in [4.78, 5) is 0. The van der Waals surface area contributed by atoms with Gasteiger partial charge in [0.25, 0.3) is 10.0 Å². The highest BCUT2D eigenvalue weighted by Gasteiger charge is 2.23. The fraction of sp³-hybridized carbons (Fsp3) is 0.556. The van der Waals surface area contributed by atoms with Gasteiger partial charge in [0, 0.05) is 12.3 Å². The van der Waals surface area contributed by atoms with Crippen molar-refractivity contribution in [2.24, 2.45) is 0 Å². The number of nitrogens with one attached hydrogen (secondary N) is 1. The number of sulfonamides is 1. The summed E-state index contributed by atoms with van der Waals surface area (Å²) in [5, 5.41) is 8.41. The Kier molecular flexibility index (Phi) is 4.54. The van der Waals surface area contributed by atoms with E-state index in [-0.39, 0.29) is 16.6 Å². The molecule has 0 aliphatic carbocycles. The molecule has 0 saturated carbocycles. The monoisotopic (exact) mass is 297 g/mol. The molecular formula is C9H15NO6S2. The van der Waals surface area contributed by atoms with E-state index in [0.29, 0.717) is 0 Å². The third-order valence-corrected chi connectivity index (χ3v) is 4.53. The van der Waals surface area contributed by atoms with Crippen molar-refractivity contribution < 1.29 is 26.4 Å². The molecule has 1 unspecified atom stereocenters. The van der Waals surface area contributed by atoms with E-state index in [1.54, 1.807) is 0 Å². The third kappa shape index (κ3) is 4.41. The maximum atomic E-state index is 11.8. The average molecular weight is 297 g/mol. The predicted molar refractivity (Wildman–Crippen MR) is 64.1 cm³/mol. The van der Waals surface area contributed by atoms with Crippen LogP contribution in [0.25, 0.3) is 0 Å². The molecule has 0 aliphatic rings. The van der Waals surface area contributed by atoms with Crippen LogP contribution in [0.1, 0.15) is 12.7 Å². The van der Waals surface area contributed by atoms with Crippen LogP contribution in [0.3, 0.4) is 0 Å². The van der Waals surface area contributed by atoms with Gasteiger partial charge in [-0.05, 0) is 19.1 Å². The van der Waals surface area contributed by atoms with E-state index < -0.39 is 32.5 Å². The van der Waals surface area contributed by atoms with Crippen LogP contribution in [0.4, 0.5) is 0 Å².